The van der Waals surface area contributed by atoms with Gasteiger partial charge in [-0.2, -0.15) is 0 Å². The zero-order valence-electron chi connectivity index (χ0n) is 15.3. The lowest BCUT2D eigenvalue weighted by Gasteiger charge is -2.27. The number of hydrogen-bond acceptors (Lipinski definition) is 2. The molecule has 2 aromatic carbocycles. The van der Waals surface area contributed by atoms with Gasteiger partial charge < -0.3 is 0 Å². The highest BCUT2D eigenvalue weighted by Crippen LogP contribution is 2.18. The zero-order valence-corrected chi connectivity index (χ0v) is 15.3. The highest BCUT2D eigenvalue weighted by atomic mass is 16.2. The van der Waals surface area contributed by atoms with Crippen LogP contribution in [0.5, 0.6) is 0 Å². The van der Waals surface area contributed by atoms with Crippen LogP contribution in [-0.4, -0.2) is 16.9 Å². The highest BCUT2D eigenvalue weighted by Gasteiger charge is 2.22. The van der Waals surface area contributed by atoms with E-state index in [4.69, 9.17) is 0 Å². The minimum absolute atomic E-state index is 0.106. The summed E-state index contributed by atoms with van der Waals surface area (Å²) in [6, 6.07) is 19.1. The molecule has 0 aliphatic heterocycles. The molecule has 1 aromatic heterocycles. The normalized spacial score (nSPS) is 10.6. The summed E-state index contributed by atoms with van der Waals surface area (Å²) in [5, 5.41) is 1.69. The minimum atomic E-state index is -0.106. The second kappa shape index (κ2) is 7.40. The SMILES string of the molecule is Cc1ccc(CN(C(=O)c2ccccc2)n2c(C)cc(C=O)c2C)cc1. The van der Waals surface area contributed by atoms with Gasteiger partial charge in [-0.05, 0) is 44.5 Å². The lowest BCUT2D eigenvalue weighted by Crippen LogP contribution is -2.41. The van der Waals surface area contributed by atoms with Gasteiger partial charge in [0.05, 0.1) is 6.54 Å². The van der Waals surface area contributed by atoms with Gasteiger partial charge in [0.15, 0.2) is 6.29 Å². The zero-order chi connectivity index (χ0) is 18.7. The lowest BCUT2D eigenvalue weighted by atomic mass is 10.1. The maximum atomic E-state index is 13.2. The van der Waals surface area contributed by atoms with Gasteiger partial charge in [-0.3, -0.25) is 14.3 Å². The minimum Gasteiger partial charge on any atom is -0.298 e. The van der Waals surface area contributed by atoms with Gasteiger partial charge in [0.1, 0.15) is 0 Å². The molecule has 0 aliphatic rings. The van der Waals surface area contributed by atoms with Crippen LogP contribution in [-0.2, 0) is 6.54 Å². The molecule has 0 radical (unpaired) electrons. The van der Waals surface area contributed by atoms with Crippen molar-refractivity contribution in [2.75, 3.05) is 5.01 Å². The maximum absolute atomic E-state index is 13.2. The third kappa shape index (κ3) is 3.45. The molecule has 4 nitrogen and oxygen atoms in total. The van der Waals surface area contributed by atoms with E-state index in [1.165, 1.54) is 5.56 Å². The molecule has 0 unspecified atom stereocenters. The largest absolute Gasteiger partial charge is 0.298 e. The van der Waals surface area contributed by atoms with Gasteiger partial charge in [0, 0.05) is 22.5 Å². The molecular weight excluding hydrogens is 324 g/mol. The van der Waals surface area contributed by atoms with Crippen molar-refractivity contribution in [3.8, 4) is 0 Å². The van der Waals surface area contributed by atoms with Crippen molar-refractivity contribution in [2.24, 2.45) is 0 Å². The summed E-state index contributed by atoms with van der Waals surface area (Å²) < 4.78 is 1.83. The predicted molar refractivity (Wildman–Crippen MR) is 103 cm³/mol. The smallest absolute Gasteiger partial charge is 0.273 e. The molecule has 0 fully saturated rings. The van der Waals surface area contributed by atoms with Crippen LogP contribution in [0.3, 0.4) is 0 Å². The molecule has 4 heteroatoms. The van der Waals surface area contributed by atoms with E-state index in [2.05, 4.69) is 0 Å². The van der Waals surface area contributed by atoms with Crippen LogP contribution in [0.1, 0.15) is 43.2 Å². The molecule has 0 aliphatic carbocycles. The Balaban J connectivity index is 2.07. The first kappa shape index (κ1) is 17.7. The van der Waals surface area contributed by atoms with Crippen molar-refractivity contribution in [1.82, 2.24) is 4.68 Å². The number of aryl methyl sites for hydroxylation is 2. The number of carbonyl (C=O) groups is 2. The molecule has 132 valence electrons. The molecule has 0 atom stereocenters. The van der Waals surface area contributed by atoms with E-state index < -0.39 is 0 Å². The Morgan fingerprint density at radius 2 is 1.65 bits per heavy atom. The van der Waals surface area contributed by atoms with E-state index in [9.17, 15) is 9.59 Å². The van der Waals surface area contributed by atoms with Crippen LogP contribution < -0.4 is 5.01 Å². The monoisotopic (exact) mass is 346 g/mol. The number of aldehydes is 1. The van der Waals surface area contributed by atoms with Crippen molar-refractivity contribution < 1.29 is 9.59 Å². The van der Waals surface area contributed by atoms with Crippen molar-refractivity contribution in [2.45, 2.75) is 27.3 Å². The second-order valence-electron chi connectivity index (χ2n) is 6.47. The standard InChI is InChI=1S/C22H22N2O2/c1-16-9-11-19(12-10-16)14-23(22(26)20-7-5-4-6-8-20)24-17(2)13-21(15-25)18(24)3/h4-13,15H,14H2,1-3H3. The predicted octanol–water partition coefficient (Wildman–Crippen LogP) is 4.20. The number of nitrogens with zero attached hydrogens (tertiary/aromatic N) is 2. The van der Waals surface area contributed by atoms with E-state index in [1.807, 2.05) is 74.0 Å². The van der Waals surface area contributed by atoms with Crippen molar-refractivity contribution in [3.63, 3.8) is 0 Å². The lowest BCUT2D eigenvalue weighted by molar-refractivity contribution is 0.0953. The number of rotatable bonds is 5. The van der Waals surface area contributed by atoms with Crippen molar-refractivity contribution >= 4 is 12.2 Å². The Morgan fingerprint density at radius 1 is 1.00 bits per heavy atom. The number of carbonyl (C=O) groups excluding carboxylic acids is 2. The quantitative estimate of drug-likeness (QED) is 0.650. The van der Waals surface area contributed by atoms with E-state index in [0.29, 0.717) is 17.7 Å². The van der Waals surface area contributed by atoms with Gasteiger partial charge in [0.2, 0.25) is 0 Å². The van der Waals surface area contributed by atoms with Gasteiger partial charge in [0.25, 0.3) is 5.91 Å². The van der Waals surface area contributed by atoms with E-state index >= 15 is 0 Å². The van der Waals surface area contributed by atoms with Crippen molar-refractivity contribution in [1.29, 1.82) is 0 Å². The molecule has 3 aromatic rings. The summed E-state index contributed by atoms with van der Waals surface area (Å²) in [5.41, 5.74) is 5.01. The first-order chi connectivity index (χ1) is 12.5. The fraction of sp³-hybridized carbons (Fsp3) is 0.182. The third-order valence-corrected chi connectivity index (χ3v) is 4.51. The molecular formula is C22H22N2O2. The van der Waals surface area contributed by atoms with Crippen LogP contribution in [0.4, 0.5) is 0 Å². The molecule has 0 saturated heterocycles. The average Bonchev–Trinajstić information content (AvgIpc) is 2.95. The van der Waals surface area contributed by atoms with Crippen LogP contribution in [0, 0.1) is 20.8 Å². The molecule has 3 rings (SSSR count). The summed E-state index contributed by atoms with van der Waals surface area (Å²) in [4.78, 5) is 24.6. The first-order valence-electron chi connectivity index (χ1n) is 8.58. The Morgan fingerprint density at radius 3 is 2.23 bits per heavy atom. The van der Waals surface area contributed by atoms with Crippen molar-refractivity contribution in [3.05, 3.63) is 94.3 Å². The Labute approximate surface area is 153 Å². The summed E-state index contributed by atoms with van der Waals surface area (Å²) >= 11 is 0. The molecule has 0 bridgehead atoms. The van der Waals surface area contributed by atoms with Crippen LogP contribution in [0.15, 0.2) is 60.7 Å². The van der Waals surface area contributed by atoms with Crippen LogP contribution in [0.25, 0.3) is 0 Å². The second-order valence-corrected chi connectivity index (χ2v) is 6.47. The van der Waals surface area contributed by atoms with Crippen LogP contribution >= 0.6 is 0 Å². The first-order valence-corrected chi connectivity index (χ1v) is 8.58. The summed E-state index contributed by atoms with van der Waals surface area (Å²) in [6.07, 6.45) is 0.829. The molecule has 26 heavy (non-hydrogen) atoms. The summed E-state index contributed by atoms with van der Waals surface area (Å²) in [6.45, 7) is 6.22. The highest BCUT2D eigenvalue weighted by molar-refractivity contribution is 6.01. The Hall–Kier alpha value is -3.14. The molecule has 1 heterocycles. The Bertz CT molecular complexity index is 925. The summed E-state index contributed by atoms with van der Waals surface area (Å²) in [7, 11) is 0. The van der Waals surface area contributed by atoms with Gasteiger partial charge in [-0.25, -0.2) is 5.01 Å². The number of hydrogen-bond donors (Lipinski definition) is 0. The fourth-order valence-corrected chi connectivity index (χ4v) is 3.10. The van der Waals surface area contributed by atoms with E-state index in [0.717, 1.165) is 23.2 Å². The topological polar surface area (TPSA) is 42.3 Å². The van der Waals surface area contributed by atoms with E-state index in [1.54, 1.807) is 17.1 Å². The van der Waals surface area contributed by atoms with Crippen LogP contribution in [0.2, 0.25) is 0 Å². The van der Waals surface area contributed by atoms with Gasteiger partial charge >= 0.3 is 0 Å². The van der Waals surface area contributed by atoms with E-state index in [-0.39, 0.29) is 5.91 Å². The molecule has 1 amide bonds. The number of aromatic nitrogens is 1. The average molecular weight is 346 g/mol. The maximum Gasteiger partial charge on any atom is 0.273 e. The fourth-order valence-electron chi connectivity index (χ4n) is 3.10. The van der Waals surface area contributed by atoms with Gasteiger partial charge in [-0.1, -0.05) is 48.0 Å². The molecule has 0 N–H and O–H groups in total. The third-order valence-electron chi connectivity index (χ3n) is 4.51. The summed E-state index contributed by atoms with van der Waals surface area (Å²) in [5.74, 6) is -0.106. The Kier molecular flexibility index (Phi) is 5.03. The molecule has 0 saturated carbocycles. The number of amides is 1. The van der Waals surface area contributed by atoms with Gasteiger partial charge in [-0.15, -0.1) is 0 Å². The number of benzene rings is 2. The molecule has 0 spiro atoms.